The highest BCUT2D eigenvalue weighted by Gasteiger charge is 1.80. The van der Waals surface area contributed by atoms with Crippen molar-refractivity contribution in [3.05, 3.63) is 0 Å². The zero-order valence-corrected chi connectivity index (χ0v) is 8.73. The lowest BCUT2D eigenvalue weighted by molar-refractivity contribution is 0.735. The molecule has 0 rings (SSSR count). The van der Waals surface area contributed by atoms with Crippen LogP contribution in [0.25, 0.3) is 0 Å². The third-order valence-corrected chi connectivity index (χ3v) is 2.45. The minimum Gasteiger partial charge on any atom is -0.147 e. The van der Waals surface area contributed by atoms with Crippen molar-refractivity contribution in [2.75, 3.05) is 0 Å². The molecule has 0 fully saturated rings. The third kappa shape index (κ3) is 25.4. The van der Waals surface area contributed by atoms with Crippen LogP contribution in [0.1, 0.15) is 13.8 Å². The summed E-state index contributed by atoms with van der Waals surface area (Å²) < 4.78 is 0. The summed E-state index contributed by atoms with van der Waals surface area (Å²) in [6.07, 6.45) is 0. The Hall–Kier alpha value is 1.64. The molecule has 4 heteroatoms. The standard InChI is InChI=1S/C4H9.2Al.2ClH.5H/c1-4(2)3;;;;;;;;;/h4H,1H2,2-3H3;;;2*1H;;;;;. The summed E-state index contributed by atoms with van der Waals surface area (Å²) in [5.41, 5.74) is 0. The molecule has 0 unspecified atom stereocenters. The molecule has 0 N–H and O–H groups in total. The lowest BCUT2D eigenvalue weighted by Gasteiger charge is -1.90. The van der Waals surface area contributed by atoms with Gasteiger partial charge in [0, 0.05) is 0 Å². The van der Waals surface area contributed by atoms with E-state index in [1.165, 1.54) is 21.6 Å². The van der Waals surface area contributed by atoms with Gasteiger partial charge in [-0.15, -0.1) is 24.8 Å². The van der Waals surface area contributed by atoms with Crippen molar-refractivity contribution in [1.82, 2.24) is 0 Å². The van der Waals surface area contributed by atoms with Gasteiger partial charge in [-0.05, 0) is 0 Å². The maximum atomic E-state index is 2.26. The smallest absolute Gasteiger partial charge is 0.147 e. The van der Waals surface area contributed by atoms with Crippen molar-refractivity contribution < 1.29 is 0 Å². The van der Waals surface area contributed by atoms with Crippen LogP contribution in [-0.4, -0.2) is 33.7 Å². The van der Waals surface area contributed by atoms with Gasteiger partial charge in [-0.1, -0.05) is 25.0 Å². The van der Waals surface area contributed by atoms with Gasteiger partial charge in [-0.25, -0.2) is 0 Å². The quantitative estimate of drug-likeness (QED) is 0.522. The van der Waals surface area contributed by atoms with Gasteiger partial charge in [0.05, 0.1) is 0 Å². The van der Waals surface area contributed by atoms with Gasteiger partial charge >= 0.3 is 0 Å². The molecule has 0 aliphatic heterocycles. The highest BCUT2D eigenvalue weighted by Crippen LogP contribution is 1.92. The highest BCUT2D eigenvalue weighted by molar-refractivity contribution is 6.08. The average Bonchev–Trinajstić information content (AvgIpc) is 1.38. The summed E-state index contributed by atoms with van der Waals surface area (Å²) in [5.74, 6) is 0.946. The second-order valence-electron chi connectivity index (χ2n) is 1.80. The van der Waals surface area contributed by atoms with Crippen molar-refractivity contribution in [2.24, 2.45) is 5.92 Å². The van der Waals surface area contributed by atoms with Gasteiger partial charge < -0.3 is 0 Å². The van der Waals surface area contributed by atoms with E-state index in [4.69, 9.17) is 0 Å². The van der Waals surface area contributed by atoms with Gasteiger partial charge in [0.25, 0.3) is 0 Å². The Morgan fingerprint density at radius 3 is 1.38 bits per heavy atom. The maximum Gasteiger partial charge on any atom is 0.212 e. The Kier molecular flexibility index (Phi) is 44.8. The van der Waals surface area contributed by atoms with Gasteiger partial charge in [0.15, 0.2) is 17.4 Å². The fourth-order valence-electron chi connectivity index (χ4n) is 0. The van der Waals surface area contributed by atoms with E-state index in [-0.39, 0.29) is 42.2 Å². The normalized spacial score (nSPS) is 5.88. The van der Waals surface area contributed by atoms with E-state index in [1.54, 1.807) is 0 Å². The van der Waals surface area contributed by atoms with Gasteiger partial charge in [-0.2, -0.15) is 0 Å². The predicted octanol–water partition coefficient (Wildman–Crippen LogP) is 0.353. The lowest BCUT2D eigenvalue weighted by Crippen LogP contribution is -1.80. The van der Waals surface area contributed by atoms with E-state index in [1.807, 2.05) is 0 Å². The summed E-state index contributed by atoms with van der Waals surface area (Å²) in [6.45, 7) is 4.51. The van der Waals surface area contributed by atoms with Crippen LogP contribution in [0.5, 0.6) is 0 Å². The van der Waals surface area contributed by atoms with Crippen LogP contribution in [0.4, 0.5) is 0 Å². The molecule has 0 amide bonds. The van der Waals surface area contributed by atoms with Gasteiger partial charge in [0.2, 0.25) is 16.3 Å². The Labute approximate surface area is 83.2 Å². The molecule has 0 spiro atoms. The maximum absolute atomic E-state index is 2.26. The zero-order valence-electron chi connectivity index (χ0n) is 5.10. The van der Waals surface area contributed by atoms with E-state index in [2.05, 4.69) is 13.8 Å². The van der Waals surface area contributed by atoms with Crippen LogP contribution >= 0.6 is 24.8 Å². The molecule has 0 heterocycles. The molecule has 0 bridgehead atoms. The van der Waals surface area contributed by atoms with Crippen LogP contribution in [0.3, 0.4) is 0 Å². The minimum absolute atomic E-state index is 0. The topological polar surface area (TPSA) is 0 Å². The fourth-order valence-corrected chi connectivity index (χ4v) is 0. The summed E-state index contributed by atoms with van der Waals surface area (Å²) in [4.78, 5) is 0. The van der Waals surface area contributed by atoms with E-state index in [0.717, 1.165) is 5.92 Å². The first kappa shape index (κ1) is 22.6. The van der Waals surface area contributed by atoms with Gasteiger partial charge in [0.1, 0.15) is 0 Å². The largest absolute Gasteiger partial charge is 0.212 e. The molecule has 0 atom stereocenters. The summed E-state index contributed by atoms with van der Waals surface area (Å²) in [5, 5.41) is 1.44. The van der Waals surface area contributed by atoms with Crippen molar-refractivity contribution in [3.63, 3.8) is 0 Å². The lowest BCUT2D eigenvalue weighted by atomic mass is 10.3. The second kappa shape index (κ2) is 15.9. The molecule has 0 nitrogen and oxygen atoms in total. The third-order valence-electron chi connectivity index (χ3n) is 0.816. The molecule has 0 aliphatic carbocycles. The Balaban J connectivity index is -0.0000000267. The SMILES string of the molecule is CC(C)[CH2][AlH2].Cl.Cl.[AlH3]. The molecule has 0 aromatic rings. The first-order valence-electron chi connectivity index (χ1n) is 2.27. The molecule has 52 valence electrons. The van der Waals surface area contributed by atoms with Crippen LogP contribution in [0.15, 0.2) is 0 Å². The molecule has 0 aromatic heterocycles. The first-order valence-corrected chi connectivity index (χ1v) is 3.68. The van der Waals surface area contributed by atoms with Crippen LogP contribution < -0.4 is 0 Å². The molecular weight excluding hydrogens is 173 g/mol. The second-order valence-corrected chi connectivity index (χ2v) is 2.62. The molecule has 0 aromatic carbocycles. The molecule has 0 radical (unpaired) electrons. The van der Waals surface area contributed by atoms with E-state index >= 15 is 0 Å². The fraction of sp³-hybridized carbons (Fsp3) is 1.00. The molecule has 0 saturated heterocycles. The van der Waals surface area contributed by atoms with Crippen molar-refractivity contribution in [1.29, 1.82) is 0 Å². The first-order chi connectivity index (χ1) is 2.27. The monoisotopic (exact) mass is 188 g/mol. The molecule has 0 saturated carbocycles. The van der Waals surface area contributed by atoms with E-state index < -0.39 is 0 Å². The number of hydrogen-bond acceptors (Lipinski definition) is 0. The van der Waals surface area contributed by atoms with Crippen LogP contribution in [0.2, 0.25) is 5.28 Å². The highest BCUT2D eigenvalue weighted by atomic mass is 35.5. The summed E-state index contributed by atoms with van der Waals surface area (Å²) >= 11 is 1.37. The number of hydrogen-bond donors (Lipinski definition) is 0. The number of rotatable bonds is 1. The van der Waals surface area contributed by atoms with E-state index in [0.29, 0.717) is 0 Å². The van der Waals surface area contributed by atoms with Crippen molar-refractivity contribution in [2.45, 2.75) is 19.1 Å². The summed E-state index contributed by atoms with van der Waals surface area (Å²) in [7, 11) is 0. The number of halogens is 2. The van der Waals surface area contributed by atoms with Crippen molar-refractivity contribution in [3.8, 4) is 0 Å². The molecular formula is C4H16Al2Cl2. The van der Waals surface area contributed by atoms with Crippen LogP contribution in [-0.2, 0) is 0 Å². The van der Waals surface area contributed by atoms with Gasteiger partial charge in [-0.3, -0.25) is 0 Å². The van der Waals surface area contributed by atoms with Crippen molar-refractivity contribution >= 4 is 58.5 Å². The Bertz CT molecular complexity index is 26.0. The van der Waals surface area contributed by atoms with Crippen LogP contribution in [0, 0.1) is 5.92 Å². The predicted molar refractivity (Wildman–Crippen MR) is 52.6 cm³/mol. The Morgan fingerprint density at radius 1 is 1.25 bits per heavy atom. The summed E-state index contributed by atoms with van der Waals surface area (Å²) in [6, 6.07) is 0. The average molecular weight is 189 g/mol. The molecule has 8 heavy (non-hydrogen) atoms. The zero-order chi connectivity index (χ0) is 4.28. The Morgan fingerprint density at radius 2 is 1.38 bits per heavy atom. The van der Waals surface area contributed by atoms with E-state index in [9.17, 15) is 0 Å². The molecule has 0 aliphatic rings. The minimum atomic E-state index is 0.